The number of hydrogen-bond acceptors (Lipinski definition) is 7. The summed E-state index contributed by atoms with van der Waals surface area (Å²) < 4.78 is 0. The fourth-order valence-electron chi connectivity index (χ4n) is 2.57. The lowest BCUT2D eigenvalue weighted by atomic mass is 10.0. The van der Waals surface area contributed by atoms with Crippen LogP contribution in [0.15, 0.2) is 17.5 Å². The van der Waals surface area contributed by atoms with Crippen LogP contribution in [0.4, 0.5) is 0 Å². The Hall–Kier alpha value is -1.52. The van der Waals surface area contributed by atoms with Gasteiger partial charge in [-0.25, -0.2) is 0 Å². The van der Waals surface area contributed by atoms with Crippen LogP contribution in [0.1, 0.15) is 11.3 Å². The average molecular weight is 357 g/mol. The van der Waals surface area contributed by atoms with Crippen molar-refractivity contribution in [2.75, 3.05) is 32.9 Å². The summed E-state index contributed by atoms with van der Waals surface area (Å²) >= 11 is 1.59. The number of carbonyl (C=O) groups is 2. The second kappa shape index (κ2) is 8.54. The Morgan fingerprint density at radius 1 is 1.38 bits per heavy atom. The zero-order chi connectivity index (χ0) is 17.6. The number of aliphatic hydroxyl groups excluding tert-OH is 3. The van der Waals surface area contributed by atoms with Crippen LogP contribution in [0.25, 0.3) is 0 Å². The summed E-state index contributed by atoms with van der Waals surface area (Å²) in [7, 11) is 0. The topological polar surface area (TPSA) is 122 Å². The van der Waals surface area contributed by atoms with Crippen molar-refractivity contribution in [1.29, 1.82) is 0 Å². The average Bonchev–Trinajstić information content (AvgIpc) is 3.09. The van der Waals surface area contributed by atoms with Gasteiger partial charge in [-0.15, -0.1) is 11.3 Å². The molecule has 2 amide bonds. The van der Waals surface area contributed by atoms with E-state index in [-0.39, 0.29) is 12.3 Å². The Morgan fingerprint density at radius 2 is 2.08 bits per heavy atom. The molecule has 0 aliphatic carbocycles. The molecule has 0 unspecified atom stereocenters. The lowest BCUT2D eigenvalue weighted by Crippen LogP contribution is -2.60. The quantitative estimate of drug-likeness (QED) is 0.377. The molecule has 1 aliphatic heterocycles. The van der Waals surface area contributed by atoms with Crippen molar-refractivity contribution in [3.8, 4) is 0 Å². The van der Waals surface area contributed by atoms with Crippen LogP contribution < -0.4 is 10.6 Å². The van der Waals surface area contributed by atoms with Gasteiger partial charge in [0, 0.05) is 24.5 Å². The van der Waals surface area contributed by atoms with Crippen LogP contribution in [-0.2, 0) is 16.1 Å². The summed E-state index contributed by atoms with van der Waals surface area (Å²) in [5.41, 5.74) is -1.49. The van der Waals surface area contributed by atoms with Crippen molar-refractivity contribution in [2.45, 2.75) is 24.5 Å². The Morgan fingerprint density at radius 3 is 2.67 bits per heavy atom. The first-order chi connectivity index (χ1) is 11.5. The number of aliphatic hydroxyl groups is 3. The van der Waals surface area contributed by atoms with Gasteiger partial charge in [0.15, 0.2) is 0 Å². The van der Waals surface area contributed by atoms with E-state index in [0.717, 1.165) is 4.88 Å². The summed E-state index contributed by atoms with van der Waals surface area (Å²) in [5.74, 6) is -0.735. The molecule has 1 atom stereocenters. The first-order valence-corrected chi connectivity index (χ1v) is 8.59. The van der Waals surface area contributed by atoms with E-state index in [9.17, 15) is 24.9 Å². The highest BCUT2D eigenvalue weighted by Gasteiger charge is 2.35. The molecule has 1 aromatic heterocycles. The van der Waals surface area contributed by atoms with Crippen molar-refractivity contribution < 1.29 is 24.9 Å². The lowest BCUT2D eigenvalue weighted by Gasteiger charge is -2.35. The lowest BCUT2D eigenvalue weighted by molar-refractivity contribution is -0.135. The Balaban J connectivity index is 2.03. The van der Waals surface area contributed by atoms with Crippen LogP contribution in [0.2, 0.25) is 0 Å². The maximum absolute atomic E-state index is 12.2. The van der Waals surface area contributed by atoms with Crippen molar-refractivity contribution >= 4 is 23.2 Å². The van der Waals surface area contributed by atoms with E-state index in [1.807, 2.05) is 22.4 Å². The Labute approximate surface area is 144 Å². The fraction of sp³-hybridized carbons (Fsp3) is 0.600. The molecular formula is C15H23N3O5S. The van der Waals surface area contributed by atoms with Crippen molar-refractivity contribution in [3.05, 3.63) is 22.4 Å². The second-order valence-corrected chi connectivity index (χ2v) is 6.90. The first kappa shape index (κ1) is 18.8. The minimum absolute atomic E-state index is 0.112. The molecule has 2 heterocycles. The Bertz CT molecular complexity index is 539. The number of rotatable bonds is 8. The number of nitrogens with zero attached hydrogens (tertiary/aromatic N) is 1. The molecule has 0 radical (unpaired) electrons. The smallest absolute Gasteiger partial charge is 0.237 e. The van der Waals surface area contributed by atoms with Gasteiger partial charge < -0.3 is 26.0 Å². The highest BCUT2D eigenvalue weighted by atomic mass is 32.1. The minimum Gasteiger partial charge on any atom is -0.394 e. The maximum Gasteiger partial charge on any atom is 0.237 e. The van der Waals surface area contributed by atoms with E-state index in [2.05, 4.69) is 10.6 Å². The van der Waals surface area contributed by atoms with Gasteiger partial charge in [-0.2, -0.15) is 0 Å². The molecule has 8 nitrogen and oxygen atoms in total. The zero-order valence-corrected chi connectivity index (χ0v) is 14.1. The molecule has 5 N–H and O–H groups in total. The number of nitrogens with one attached hydrogen (secondary N) is 2. The predicted molar refractivity (Wildman–Crippen MR) is 88.3 cm³/mol. The maximum atomic E-state index is 12.2. The molecule has 0 aromatic carbocycles. The van der Waals surface area contributed by atoms with Gasteiger partial charge in [-0.3, -0.25) is 14.5 Å². The van der Waals surface area contributed by atoms with E-state index in [0.29, 0.717) is 19.6 Å². The zero-order valence-electron chi connectivity index (χ0n) is 13.3. The van der Waals surface area contributed by atoms with E-state index in [4.69, 9.17) is 0 Å². The summed E-state index contributed by atoms with van der Waals surface area (Å²) in [6.07, 6.45) is -0.112. The van der Waals surface area contributed by atoms with Crippen LogP contribution in [0.3, 0.4) is 0 Å². The van der Waals surface area contributed by atoms with Gasteiger partial charge >= 0.3 is 0 Å². The Kier molecular flexibility index (Phi) is 6.69. The van der Waals surface area contributed by atoms with E-state index >= 15 is 0 Å². The largest absolute Gasteiger partial charge is 0.394 e. The van der Waals surface area contributed by atoms with Crippen molar-refractivity contribution in [3.63, 3.8) is 0 Å². The fourth-order valence-corrected chi connectivity index (χ4v) is 3.30. The minimum atomic E-state index is -1.49. The molecule has 0 bridgehead atoms. The van der Waals surface area contributed by atoms with Crippen LogP contribution in [0.5, 0.6) is 0 Å². The normalized spacial score (nSPS) is 19.1. The van der Waals surface area contributed by atoms with Crippen LogP contribution >= 0.6 is 11.3 Å². The van der Waals surface area contributed by atoms with Gasteiger partial charge in [0.05, 0.1) is 32.3 Å². The summed E-state index contributed by atoms with van der Waals surface area (Å²) in [5, 5.41) is 35.0. The number of amides is 2. The molecular weight excluding hydrogens is 334 g/mol. The van der Waals surface area contributed by atoms with Gasteiger partial charge in [-0.1, -0.05) is 6.07 Å². The highest BCUT2D eigenvalue weighted by Crippen LogP contribution is 2.17. The molecule has 134 valence electrons. The molecule has 1 saturated heterocycles. The third kappa shape index (κ3) is 4.52. The standard InChI is InChI=1S/C15H23N3O5S/c19-8-15(9-20,10-21)17-13(22)6-12-14(23)16-3-4-18(12)7-11-2-1-5-24-11/h1-2,5,12,19-21H,3-4,6-10H2,(H,16,23)(H,17,22)/t12-/m0/s1. The van der Waals surface area contributed by atoms with Crippen molar-refractivity contribution in [2.24, 2.45) is 0 Å². The summed E-state index contributed by atoms with van der Waals surface area (Å²) in [6, 6.07) is 3.28. The third-order valence-electron chi connectivity index (χ3n) is 4.07. The number of hydrogen-bond donors (Lipinski definition) is 5. The third-order valence-corrected chi connectivity index (χ3v) is 4.93. The molecule has 1 fully saturated rings. The van der Waals surface area contributed by atoms with E-state index < -0.39 is 37.3 Å². The highest BCUT2D eigenvalue weighted by molar-refractivity contribution is 7.09. The van der Waals surface area contributed by atoms with Gasteiger partial charge in [0.1, 0.15) is 5.54 Å². The molecule has 0 saturated carbocycles. The van der Waals surface area contributed by atoms with Gasteiger partial charge in [0.2, 0.25) is 11.8 Å². The molecule has 1 aliphatic rings. The number of piperazine rings is 1. The van der Waals surface area contributed by atoms with E-state index in [1.165, 1.54) is 0 Å². The molecule has 1 aromatic rings. The summed E-state index contributed by atoms with van der Waals surface area (Å²) in [4.78, 5) is 27.4. The summed E-state index contributed by atoms with van der Waals surface area (Å²) in [6.45, 7) is -0.0539. The molecule has 2 rings (SSSR count). The van der Waals surface area contributed by atoms with Crippen LogP contribution in [0, 0.1) is 0 Å². The monoisotopic (exact) mass is 357 g/mol. The SMILES string of the molecule is O=C(C[C@H]1C(=O)NCCN1Cc1cccs1)NC(CO)(CO)CO. The second-order valence-electron chi connectivity index (χ2n) is 5.86. The van der Waals surface area contributed by atoms with Crippen molar-refractivity contribution in [1.82, 2.24) is 15.5 Å². The molecule has 24 heavy (non-hydrogen) atoms. The van der Waals surface area contributed by atoms with Crippen LogP contribution in [-0.4, -0.2) is 76.5 Å². The first-order valence-electron chi connectivity index (χ1n) is 7.71. The number of carbonyl (C=O) groups excluding carboxylic acids is 2. The predicted octanol–water partition coefficient (Wildman–Crippen LogP) is -1.73. The number of thiophene rings is 1. The molecule has 9 heteroatoms. The molecule has 0 spiro atoms. The van der Waals surface area contributed by atoms with Gasteiger partial charge in [-0.05, 0) is 11.4 Å². The van der Waals surface area contributed by atoms with E-state index in [1.54, 1.807) is 11.3 Å². The van der Waals surface area contributed by atoms with Gasteiger partial charge in [0.25, 0.3) is 0 Å².